The first-order valence-electron chi connectivity index (χ1n) is 5.94. The van der Waals surface area contributed by atoms with Gasteiger partial charge in [0.15, 0.2) is 0 Å². The van der Waals surface area contributed by atoms with E-state index in [4.69, 9.17) is 16.3 Å². The van der Waals surface area contributed by atoms with Crippen molar-refractivity contribution < 1.29 is 4.74 Å². The predicted molar refractivity (Wildman–Crippen MR) is 79.1 cm³/mol. The van der Waals surface area contributed by atoms with E-state index in [1.807, 2.05) is 12.1 Å². The van der Waals surface area contributed by atoms with E-state index in [9.17, 15) is 0 Å². The Hall–Kier alpha value is -0.990. The molecule has 0 saturated heterocycles. The summed E-state index contributed by atoms with van der Waals surface area (Å²) in [5, 5.41) is 0.0529. The van der Waals surface area contributed by atoms with E-state index in [0.717, 1.165) is 12.2 Å². The van der Waals surface area contributed by atoms with Gasteiger partial charge in [0.2, 0.25) is 0 Å². The highest BCUT2D eigenvalue weighted by Crippen LogP contribution is 2.34. The number of halogens is 1. The Balaban J connectivity index is 2.10. The van der Waals surface area contributed by atoms with Crippen molar-refractivity contribution in [3.63, 3.8) is 0 Å². The van der Waals surface area contributed by atoms with Crippen molar-refractivity contribution in [3.8, 4) is 5.75 Å². The zero-order chi connectivity index (χ0) is 13.1. The summed E-state index contributed by atoms with van der Waals surface area (Å²) >= 11 is 8.30. The first-order chi connectivity index (χ1) is 8.60. The lowest BCUT2D eigenvalue weighted by atomic mass is 10.1. The third kappa shape index (κ3) is 3.06. The Morgan fingerprint density at radius 3 is 2.39 bits per heavy atom. The van der Waals surface area contributed by atoms with E-state index in [1.54, 1.807) is 18.4 Å². The van der Waals surface area contributed by atoms with Gasteiger partial charge in [-0.25, -0.2) is 0 Å². The van der Waals surface area contributed by atoms with Crippen LogP contribution in [0, 0.1) is 13.8 Å². The number of benzene rings is 1. The van der Waals surface area contributed by atoms with Crippen LogP contribution in [0.5, 0.6) is 5.75 Å². The van der Waals surface area contributed by atoms with Crippen LogP contribution in [-0.2, 0) is 6.42 Å². The topological polar surface area (TPSA) is 9.23 Å². The molecule has 96 valence electrons. The lowest BCUT2D eigenvalue weighted by molar-refractivity contribution is 0.414. The quantitative estimate of drug-likeness (QED) is 0.724. The lowest BCUT2D eigenvalue weighted by Crippen LogP contribution is -1.95. The van der Waals surface area contributed by atoms with Crippen molar-refractivity contribution in [3.05, 3.63) is 51.2 Å². The molecule has 2 rings (SSSR count). The summed E-state index contributed by atoms with van der Waals surface area (Å²) in [6, 6.07) is 10.3. The van der Waals surface area contributed by atoms with Crippen LogP contribution >= 0.6 is 22.9 Å². The minimum Gasteiger partial charge on any atom is -0.497 e. The van der Waals surface area contributed by atoms with Crippen LogP contribution in [0.1, 0.15) is 26.3 Å². The van der Waals surface area contributed by atoms with E-state index in [2.05, 4.69) is 32.0 Å². The molecule has 0 N–H and O–H groups in total. The molecule has 0 fully saturated rings. The number of hydrogen-bond donors (Lipinski definition) is 0. The number of rotatable bonds is 4. The summed E-state index contributed by atoms with van der Waals surface area (Å²) in [4.78, 5) is 2.60. The van der Waals surface area contributed by atoms with Crippen molar-refractivity contribution >= 4 is 22.9 Å². The second-order valence-electron chi connectivity index (χ2n) is 4.42. The summed E-state index contributed by atoms with van der Waals surface area (Å²) in [6.45, 7) is 4.25. The predicted octanol–water partition coefficient (Wildman–Crippen LogP) is 4.90. The van der Waals surface area contributed by atoms with Gasteiger partial charge in [0.05, 0.1) is 12.5 Å². The average molecular weight is 281 g/mol. The van der Waals surface area contributed by atoms with Gasteiger partial charge in [-0.1, -0.05) is 12.1 Å². The largest absolute Gasteiger partial charge is 0.497 e. The molecule has 1 heterocycles. The molecular weight excluding hydrogens is 264 g/mol. The molecule has 0 amide bonds. The molecule has 0 bridgehead atoms. The number of hydrogen-bond acceptors (Lipinski definition) is 2. The van der Waals surface area contributed by atoms with Gasteiger partial charge in [0.25, 0.3) is 0 Å². The summed E-state index contributed by atoms with van der Waals surface area (Å²) in [7, 11) is 1.68. The van der Waals surface area contributed by atoms with Crippen molar-refractivity contribution in [1.82, 2.24) is 0 Å². The molecule has 0 aliphatic heterocycles. The molecule has 0 spiro atoms. The average Bonchev–Trinajstić information content (AvgIpc) is 2.69. The van der Waals surface area contributed by atoms with Gasteiger partial charge in [0.1, 0.15) is 5.75 Å². The number of alkyl halides is 1. The van der Waals surface area contributed by atoms with Crippen molar-refractivity contribution in [1.29, 1.82) is 0 Å². The fraction of sp³-hybridized carbons (Fsp3) is 0.333. The van der Waals surface area contributed by atoms with Crippen LogP contribution in [0.25, 0.3) is 0 Å². The van der Waals surface area contributed by atoms with E-state index < -0.39 is 0 Å². The summed E-state index contributed by atoms with van der Waals surface area (Å²) < 4.78 is 5.15. The maximum atomic E-state index is 6.51. The van der Waals surface area contributed by atoms with Crippen LogP contribution in [0.15, 0.2) is 30.3 Å². The minimum atomic E-state index is 0.0529. The molecule has 3 heteroatoms. The van der Waals surface area contributed by atoms with Gasteiger partial charge in [-0.3, -0.25) is 0 Å². The molecule has 0 aliphatic rings. The van der Waals surface area contributed by atoms with Crippen molar-refractivity contribution in [2.24, 2.45) is 0 Å². The van der Waals surface area contributed by atoms with Crippen LogP contribution in [0.3, 0.4) is 0 Å². The highest BCUT2D eigenvalue weighted by molar-refractivity contribution is 7.12. The van der Waals surface area contributed by atoms with Crippen LogP contribution in [-0.4, -0.2) is 7.11 Å². The molecule has 0 aliphatic carbocycles. The third-order valence-electron chi connectivity index (χ3n) is 2.94. The molecule has 1 aromatic heterocycles. The number of thiophene rings is 1. The molecule has 0 radical (unpaired) electrons. The van der Waals surface area contributed by atoms with Crippen molar-refractivity contribution in [2.75, 3.05) is 7.11 Å². The molecule has 2 aromatic rings. The monoisotopic (exact) mass is 280 g/mol. The molecule has 1 unspecified atom stereocenters. The van der Waals surface area contributed by atoms with Gasteiger partial charge < -0.3 is 4.74 Å². The standard InChI is InChI=1S/C15H17ClOS/c1-10-8-11(2)18-15(10)14(16)9-12-4-6-13(17-3)7-5-12/h4-8,14H,9H2,1-3H3. The first-order valence-corrected chi connectivity index (χ1v) is 7.19. The summed E-state index contributed by atoms with van der Waals surface area (Å²) in [6.07, 6.45) is 0.854. The molecule has 18 heavy (non-hydrogen) atoms. The van der Waals surface area contributed by atoms with Crippen LogP contribution in [0.4, 0.5) is 0 Å². The highest BCUT2D eigenvalue weighted by atomic mass is 35.5. The van der Waals surface area contributed by atoms with Crippen molar-refractivity contribution in [2.45, 2.75) is 25.6 Å². The smallest absolute Gasteiger partial charge is 0.118 e. The van der Waals surface area contributed by atoms with Crippen LogP contribution < -0.4 is 4.74 Å². The maximum absolute atomic E-state index is 6.51. The van der Waals surface area contributed by atoms with Gasteiger partial charge in [-0.05, 0) is 49.6 Å². The zero-order valence-electron chi connectivity index (χ0n) is 10.9. The lowest BCUT2D eigenvalue weighted by Gasteiger charge is -2.09. The van der Waals surface area contributed by atoms with E-state index in [1.165, 1.54) is 20.9 Å². The minimum absolute atomic E-state index is 0.0529. The fourth-order valence-electron chi connectivity index (χ4n) is 2.03. The second kappa shape index (κ2) is 5.77. The summed E-state index contributed by atoms with van der Waals surface area (Å²) in [5.74, 6) is 0.882. The molecule has 1 atom stereocenters. The van der Waals surface area contributed by atoms with Gasteiger partial charge >= 0.3 is 0 Å². The fourth-order valence-corrected chi connectivity index (χ4v) is 3.53. The van der Waals surface area contributed by atoms with E-state index >= 15 is 0 Å². The first kappa shape index (κ1) is 13.4. The Bertz CT molecular complexity index is 516. The molecule has 1 aromatic carbocycles. The van der Waals surface area contributed by atoms with Gasteiger partial charge in [-0.2, -0.15) is 0 Å². The third-order valence-corrected chi connectivity index (χ3v) is 4.71. The number of aryl methyl sites for hydroxylation is 2. The summed E-state index contributed by atoms with van der Waals surface area (Å²) in [5.41, 5.74) is 2.53. The van der Waals surface area contributed by atoms with E-state index in [0.29, 0.717) is 0 Å². The Morgan fingerprint density at radius 2 is 1.89 bits per heavy atom. The van der Waals surface area contributed by atoms with Gasteiger partial charge in [-0.15, -0.1) is 22.9 Å². The normalized spacial score (nSPS) is 12.4. The Morgan fingerprint density at radius 1 is 1.22 bits per heavy atom. The maximum Gasteiger partial charge on any atom is 0.118 e. The zero-order valence-corrected chi connectivity index (χ0v) is 12.4. The second-order valence-corrected chi connectivity index (χ2v) is 6.24. The molecule has 1 nitrogen and oxygen atoms in total. The SMILES string of the molecule is COc1ccc(CC(Cl)c2sc(C)cc2C)cc1. The molecule has 0 saturated carbocycles. The van der Waals surface area contributed by atoms with E-state index in [-0.39, 0.29) is 5.38 Å². The highest BCUT2D eigenvalue weighted by Gasteiger charge is 2.14. The number of methoxy groups -OCH3 is 1. The molecular formula is C15H17ClOS. The Kier molecular flexibility index (Phi) is 4.31. The Labute approximate surface area is 117 Å². The van der Waals surface area contributed by atoms with Gasteiger partial charge in [0, 0.05) is 9.75 Å². The number of ether oxygens (including phenoxy) is 1. The van der Waals surface area contributed by atoms with Crippen LogP contribution in [0.2, 0.25) is 0 Å².